The molecule has 102 valence electrons. The third-order valence-electron chi connectivity index (χ3n) is 4.47. The van der Waals surface area contributed by atoms with Crippen LogP contribution in [0.15, 0.2) is 24.3 Å². The highest BCUT2D eigenvalue weighted by Gasteiger charge is 2.55. The van der Waals surface area contributed by atoms with Gasteiger partial charge in [0.25, 0.3) is 0 Å². The Bertz CT molecular complexity index is 479. The molecular formula is C16H21NO2. The monoisotopic (exact) mass is 259 g/mol. The highest BCUT2D eigenvalue weighted by molar-refractivity contribution is 5.39. The van der Waals surface area contributed by atoms with E-state index in [1.807, 2.05) is 38.1 Å². The maximum atomic E-state index is 11.1. The molecule has 1 N–H and O–H groups in total. The predicted octanol–water partition coefficient (Wildman–Crippen LogP) is 2.33. The van der Waals surface area contributed by atoms with E-state index in [0.717, 1.165) is 0 Å². The van der Waals surface area contributed by atoms with Crippen molar-refractivity contribution in [1.29, 1.82) is 5.26 Å². The third-order valence-corrected chi connectivity index (χ3v) is 4.47. The van der Waals surface area contributed by atoms with E-state index >= 15 is 0 Å². The quantitative estimate of drug-likeness (QED) is 0.903. The average molecular weight is 259 g/mol. The number of nitriles is 1. The Morgan fingerprint density at radius 1 is 1.37 bits per heavy atom. The highest BCUT2D eigenvalue weighted by atomic mass is 16.5. The third kappa shape index (κ3) is 2.05. The van der Waals surface area contributed by atoms with Crippen LogP contribution in [0.25, 0.3) is 0 Å². The Morgan fingerprint density at radius 3 is 2.26 bits per heavy atom. The van der Waals surface area contributed by atoms with Crippen LogP contribution in [0.5, 0.6) is 0 Å². The molecule has 1 aliphatic rings. The number of hydrogen-bond donors (Lipinski definition) is 1. The maximum Gasteiger partial charge on any atom is 0.109 e. The van der Waals surface area contributed by atoms with Gasteiger partial charge in [-0.15, -0.1) is 0 Å². The molecule has 1 unspecified atom stereocenters. The van der Waals surface area contributed by atoms with Gasteiger partial charge in [-0.25, -0.2) is 0 Å². The molecular weight excluding hydrogens is 238 g/mol. The van der Waals surface area contributed by atoms with Gasteiger partial charge in [-0.05, 0) is 29.9 Å². The Hall–Kier alpha value is -1.37. The summed E-state index contributed by atoms with van der Waals surface area (Å²) in [5, 5.41) is 20.8. The largest absolute Gasteiger partial charge is 0.386 e. The first-order valence-electron chi connectivity index (χ1n) is 6.68. The zero-order valence-electron chi connectivity index (χ0n) is 11.8. The molecule has 1 aliphatic carbocycles. The number of fused-ring (bicyclic) bond motifs is 1. The van der Waals surface area contributed by atoms with E-state index in [9.17, 15) is 10.4 Å². The molecule has 0 saturated carbocycles. The molecule has 0 bridgehead atoms. The second-order valence-corrected chi connectivity index (χ2v) is 5.83. The molecule has 0 aliphatic heterocycles. The highest BCUT2D eigenvalue weighted by Crippen LogP contribution is 2.47. The van der Waals surface area contributed by atoms with Crippen LogP contribution in [-0.4, -0.2) is 24.4 Å². The van der Waals surface area contributed by atoms with Crippen LogP contribution >= 0.6 is 0 Å². The van der Waals surface area contributed by atoms with Crippen molar-refractivity contribution in [1.82, 2.24) is 0 Å². The number of nitrogens with zero attached hydrogens (tertiary/aromatic N) is 1. The van der Waals surface area contributed by atoms with Crippen LogP contribution < -0.4 is 0 Å². The lowest BCUT2D eigenvalue weighted by atomic mass is 9.65. The molecule has 2 rings (SSSR count). The van der Waals surface area contributed by atoms with E-state index in [4.69, 9.17) is 4.74 Å². The molecule has 0 amide bonds. The van der Waals surface area contributed by atoms with Gasteiger partial charge in [-0.1, -0.05) is 38.1 Å². The zero-order chi connectivity index (χ0) is 14.1. The summed E-state index contributed by atoms with van der Waals surface area (Å²) in [6.07, 6.45) is 1.19. The Labute approximate surface area is 114 Å². The fraction of sp³-hybridized carbons (Fsp3) is 0.562. The van der Waals surface area contributed by atoms with E-state index < -0.39 is 11.0 Å². The fourth-order valence-corrected chi connectivity index (χ4v) is 3.17. The molecule has 1 atom stereocenters. The van der Waals surface area contributed by atoms with Crippen molar-refractivity contribution in [3.8, 4) is 6.07 Å². The van der Waals surface area contributed by atoms with Crippen LogP contribution in [-0.2, 0) is 17.6 Å². The van der Waals surface area contributed by atoms with Gasteiger partial charge in [0.2, 0.25) is 0 Å². The standard InChI is InChI=1S/C16H21NO2/c1-12(2)16(18,11-19-3)15(10-17)8-13-6-4-5-7-14(13)9-15/h4-7,12,18H,8-9,11H2,1-3H3. The summed E-state index contributed by atoms with van der Waals surface area (Å²) < 4.78 is 5.21. The first-order chi connectivity index (χ1) is 8.99. The smallest absolute Gasteiger partial charge is 0.109 e. The molecule has 0 heterocycles. The molecule has 3 heteroatoms. The first-order valence-corrected chi connectivity index (χ1v) is 6.68. The second-order valence-electron chi connectivity index (χ2n) is 5.83. The van der Waals surface area contributed by atoms with Gasteiger partial charge in [0.15, 0.2) is 0 Å². The van der Waals surface area contributed by atoms with Crippen molar-refractivity contribution in [2.24, 2.45) is 11.3 Å². The van der Waals surface area contributed by atoms with Crippen molar-refractivity contribution < 1.29 is 9.84 Å². The lowest BCUT2D eigenvalue weighted by Gasteiger charge is -2.43. The molecule has 1 aromatic rings. The topological polar surface area (TPSA) is 53.2 Å². The molecule has 0 spiro atoms. The molecule has 0 fully saturated rings. The summed E-state index contributed by atoms with van der Waals surface area (Å²) in [6.45, 7) is 4.08. The Morgan fingerprint density at radius 2 is 1.89 bits per heavy atom. The van der Waals surface area contributed by atoms with Crippen molar-refractivity contribution in [3.63, 3.8) is 0 Å². The van der Waals surface area contributed by atoms with Crippen molar-refractivity contribution in [2.75, 3.05) is 13.7 Å². The Kier molecular flexibility index (Phi) is 3.66. The number of methoxy groups -OCH3 is 1. The number of aliphatic hydroxyl groups is 1. The van der Waals surface area contributed by atoms with E-state index in [-0.39, 0.29) is 12.5 Å². The van der Waals surface area contributed by atoms with E-state index in [1.54, 1.807) is 7.11 Å². The van der Waals surface area contributed by atoms with E-state index in [1.165, 1.54) is 11.1 Å². The van der Waals surface area contributed by atoms with Gasteiger partial charge in [-0.2, -0.15) is 5.26 Å². The summed E-state index contributed by atoms with van der Waals surface area (Å²) in [6, 6.07) is 10.5. The summed E-state index contributed by atoms with van der Waals surface area (Å²) in [4.78, 5) is 0. The normalized spacial score (nSPS) is 19.8. The number of ether oxygens (including phenoxy) is 1. The minimum atomic E-state index is -1.13. The van der Waals surface area contributed by atoms with Crippen molar-refractivity contribution in [3.05, 3.63) is 35.4 Å². The summed E-state index contributed by atoms with van der Waals surface area (Å²) in [5.41, 5.74) is 0.412. The second kappa shape index (κ2) is 4.96. The van der Waals surface area contributed by atoms with Crippen molar-refractivity contribution >= 4 is 0 Å². The average Bonchev–Trinajstić information content (AvgIpc) is 2.78. The van der Waals surface area contributed by atoms with Gasteiger partial charge in [0, 0.05) is 7.11 Å². The number of rotatable bonds is 4. The molecule has 0 saturated heterocycles. The predicted molar refractivity (Wildman–Crippen MR) is 73.6 cm³/mol. The SMILES string of the molecule is COCC(O)(C(C)C)C1(C#N)Cc2ccccc2C1. The lowest BCUT2D eigenvalue weighted by molar-refractivity contribution is -0.130. The summed E-state index contributed by atoms with van der Waals surface area (Å²) >= 11 is 0. The number of hydrogen-bond acceptors (Lipinski definition) is 3. The van der Waals surface area contributed by atoms with Crippen LogP contribution in [0.1, 0.15) is 25.0 Å². The first kappa shape index (κ1) is 14.0. The van der Waals surface area contributed by atoms with Crippen molar-refractivity contribution in [2.45, 2.75) is 32.3 Å². The molecule has 0 radical (unpaired) electrons. The van der Waals surface area contributed by atoms with Crippen LogP contribution in [0, 0.1) is 22.7 Å². The zero-order valence-corrected chi connectivity index (χ0v) is 11.8. The van der Waals surface area contributed by atoms with E-state index in [2.05, 4.69) is 6.07 Å². The van der Waals surface area contributed by atoms with Crippen LogP contribution in [0.3, 0.4) is 0 Å². The fourth-order valence-electron chi connectivity index (χ4n) is 3.17. The van der Waals surface area contributed by atoms with Gasteiger partial charge in [0.05, 0.1) is 18.1 Å². The molecule has 1 aromatic carbocycles. The molecule has 3 nitrogen and oxygen atoms in total. The minimum Gasteiger partial charge on any atom is -0.386 e. The molecule has 19 heavy (non-hydrogen) atoms. The Balaban J connectivity index is 2.44. The summed E-state index contributed by atoms with van der Waals surface area (Å²) in [7, 11) is 1.57. The van der Waals surface area contributed by atoms with Crippen LogP contribution in [0.4, 0.5) is 0 Å². The van der Waals surface area contributed by atoms with Crippen LogP contribution in [0.2, 0.25) is 0 Å². The van der Waals surface area contributed by atoms with E-state index in [0.29, 0.717) is 12.8 Å². The minimum absolute atomic E-state index is 0.0404. The lowest BCUT2D eigenvalue weighted by Crippen LogP contribution is -2.55. The van der Waals surface area contributed by atoms with Gasteiger partial charge in [0.1, 0.15) is 5.60 Å². The van der Waals surface area contributed by atoms with Gasteiger partial charge in [-0.3, -0.25) is 0 Å². The maximum absolute atomic E-state index is 11.1. The van der Waals surface area contributed by atoms with Gasteiger partial charge >= 0.3 is 0 Å². The molecule has 0 aromatic heterocycles. The van der Waals surface area contributed by atoms with Gasteiger partial charge < -0.3 is 9.84 Å². The number of benzene rings is 1. The summed E-state index contributed by atoms with van der Waals surface area (Å²) in [5.74, 6) is -0.0404.